The number of aryl methyl sites for hydroxylation is 2. The molecule has 0 aliphatic rings. The highest BCUT2D eigenvalue weighted by atomic mass is 32.2. The van der Waals surface area contributed by atoms with Gasteiger partial charge in [0.05, 0.1) is 11.4 Å². The van der Waals surface area contributed by atoms with Gasteiger partial charge in [-0.2, -0.15) is 4.68 Å². The first-order valence-electron chi connectivity index (χ1n) is 9.27. The van der Waals surface area contributed by atoms with Crippen LogP contribution in [0.4, 0.5) is 0 Å². The third-order valence-electron chi connectivity index (χ3n) is 4.36. The second-order valence-electron chi connectivity index (χ2n) is 7.11. The average Bonchev–Trinajstić information content (AvgIpc) is 3.12. The van der Waals surface area contributed by atoms with E-state index in [1.165, 1.54) is 11.8 Å². The number of thioether (sulfide) groups is 1. The van der Waals surface area contributed by atoms with E-state index in [0.717, 1.165) is 22.4 Å². The number of amides is 1. The molecule has 0 bridgehead atoms. The molecule has 0 spiro atoms. The first-order valence-corrected chi connectivity index (χ1v) is 10.3. The summed E-state index contributed by atoms with van der Waals surface area (Å²) in [6.07, 6.45) is 0. The Labute approximate surface area is 169 Å². The van der Waals surface area contributed by atoms with E-state index in [1.807, 2.05) is 75.1 Å². The minimum atomic E-state index is 0.0684. The molecule has 3 aromatic rings. The van der Waals surface area contributed by atoms with Crippen LogP contribution in [0.3, 0.4) is 0 Å². The van der Waals surface area contributed by atoms with Gasteiger partial charge in [-0.3, -0.25) is 4.79 Å². The molecule has 1 heterocycles. The van der Waals surface area contributed by atoms with Crippen molar-refractivity contribution in [3.05, 3.63) is 65.2 Å². The number of rotatable bonds is 7. The molecule has 0 fully saturated rings. The zero-order chi connectivity index (χ0) is 20.1. The Morgan fingerprint density at radius 2 is 1.79 bits per heavy atom. The van der Waals surface area contributed by atoms with Crippen molar-refractivity contribution in [2.24, 2.45) is 0 Å². The molecule has 0 aliphatic carbocycles. The minimum Gasteiger partial charge on any atom is -0.335 e. The van der Waals surface area contributed by atoms with Gasteiger partial charge in [-0.05, 0) is 66.9 Å². The van der Waals surface area contributed by atoms with Gasteiger partial charge in [-0.15, -0.1) is 5.10 Å². The van der Waals surface area contributed by atoms with Crippen molar-refractivity contribution in [1.82, 2.24) is 25.1 Å². The van der Waals surface area contributed by atoms with E-state index in [4.69, 9.17) is 0 Å². The van der Waals surface area contributed by atoms with Gasteiger partial charge in [0.15, 0.2) is 0 Å². The second kappa shape index (κ2) is 9.01. The number of nitrogens with zero attached hydrogens (tertiary/aromatic N) is 5. The Morgan fingerprint density at radius 1 is 1.11 bits per heavy atom. The standard InChI is InChI=1S/C21H25N5OS/c1-15(2)25(13-18-8-6-5-7-9-18)20(27)14-28-21-22-23-24-26(21)19-11-16(3)10-17(4)12-19/h5-12,15H,13-14H2,1-4H3. The SMILES string of the molecule is Cc1cc(C)cc(-n2nnnc2SCC(=O)N(Cc2ccccc2)C(C)C)c1. The maximum absolute atomic E-state index is 12.9. The molecule has 1 amide bonds. The lowest BCUT2D eigenvalue weighted by molar-refractivity contribution is -0.130. The number of hydrogen-bond acceptors (Lipinski definition) is 5. The summed E-state index contributed by atoms with van der Waals surface area (Å²) in [5.74, 6) is 0.356. The summed E-state index contributed by atoms with van der Waals surface area (Å²) in [7, 11) is 0. The molecule has 1 aromatic heterocycles. The van der Waals surface area contributed by atoms with Gasteiger partial charge < -0.3 is 4.90 Å². The number of benzene rings is 2. The highest BCUT2D eigenvalue weighted by Gasteiger charge is 2.19. The van der Waals surface area contributed by atoms with Gasteiger partial charge in [-0.1, -0.05) is 48.2 Å². The summed E-state index contributed by atoms with van der Waals surface area (Å²) in [6.45, 7) is 8.75. The van der Waals surface area contributed by atoms with Crippen LogP contribution >= 0.6 is 11.8 Å². The van der Waals surface area contributed by atoms with E-state index in [9.17, 15) is 4.79 Å². The largest absolute Gasteiger partial charge is 0.335 e. The molecule has 3 rings (SSSR count). The van der Waals surface area contributed by atoms with E-state index in [-0.39, 0.29) is 17.7 Å². The van der Waals surface area contributed by atoms with Gasteiger partial charge in [0.1, 0.15) is 0 Å². The zero-order valence-corrected chi connectivity index (χ0v) is 17.5. The lowest BCUT2D eigenvalue weighted by atomic mass is 10.1. The summed E-state index contributed by atoms with van der Waals surface area (Å²) in [5, 5.41) is 12.6. The van der Waals surface area contributed by atoms with Gasteiger partial charge in [-0.25, -0.2) is 0 Å². The summed E-state index contributed by atoms with van der Waals surface area (Å²) < 4.78 is 1.69. The minimum absolute atomic E-state index is 0.0684. The maximum atomic E-state index is 12.9. The quantitative estimate of drug-likeness (QED) is 0.569. The molecule has 7 heteroatoms. The van der Waals surface area contributed by atoms with Crippen LogP contribution in [0.1, 0.15) is 30.5 Å². The normalized spacial score (nSPS) is 11.0. The number of carbonyl (C=O) groups is 1. The van der Waals surface area contributed by atoms with Gasteiger partial charge in [0.2, 0.25) is 11.1 Å². The first-order chi connectivity index (χ1) is 13.4. The van der Waals surface area contributed by atoms with Crippen molar-refractivity contribution in [2.45, 2.75) is 45.4 Å². The van der Waals surface area contributed by atoms with Crippen LogP contribution in [-0.2, 0) is 11.3 Å². The zero-order valence-electron chi connectivity index (χ0n) is 16.7. The molecule has 28 heavy (non-hydrogen) atoms. The first kappa shape index (κ1) is 20.1. The fraction of sp³-hybridized carbons (Fsp3) is 0.333. The van der Waals surface area contributed by atoms with Crippen LogP contribution in [0.2, 0.25) is 0 Å². The molecule has 0 saturated carbocycles. The van der Waals surface area contributed by atoms with Crippen LogP contribution in [0.5, 0.6) is 0 Å². The summed E-state index contributed by atoms with van der Waals surface area (Å²) in [6, 6.07) is 16.3. The Hall–Kier alpha value is -2.67. The van der Waals surface area contributed by atoms with Gasteiger partial charge in [0, 0.05) is 12.6 Å². The van der Waals surface area contributed by atoms with E-state index in [0.29, 0.717) is 11.7 Å². The Morgan fingerprint density at radius 3 is 2.43 bits per heavy atom. The van der Waals surface area contributed by atoms with Crippen molar-refractivity contribution in [2.75, 3.05) is 5.75 Å². The molecule has 0 radical (unpaired) electrons. The van der Waals surface area contributed by atoms with Crippen LogP contribution in [0.15, 0.2) is 53.7 Å². The van der Waals surface area contributed by atoms with Crippen LogP contribution in [0, 0.1) is 13.8 Å². The Kier molecular flexibility index (Phi) is 6.46. The van der Waals surface area contributed by atoms with Crippen LogP contribution < -0.4 is 0 Å². The van der Waals surface area contributed by atoms with Crippen molar-refractivity contribution in [3.63, 3.8) is 0 Å². The molecule has 2 aromatic carbocycles. The van der Waals surface area contributed by atoms with Crippen molar-refractivity contribution in [1.29, 1.82) is 0 Å². The monoisotopic (exact) mass is 395 g/mol. The lowest BCUT2D eigenvalue weighted by Crippen LogP contribution is -2.37. The molecule has 0 atom stereocenters. The predicted octanol–water partition coefficient (Wildman–Crippen LogP) is 3.81. The number of hydrogen-bond donors (Lipinski definition) is 0. The maximum Gasteiger partial charge on any atom is 0.233 e. The van der Waals surface area contributed by atoms with E-state index in [2.05, 4.69) is 21.6 Å². The molecular weight excluding hydrogens is 370 g/mol. The smallest absolute Gasteiger partial charge is 0.233 e. The van der Waals surface area contributed by atoms with Gasteiger partial charge in [0.25, 0.3) is 0 Å². The van der Waals surface area contributed by atoms with E-state index >= 15 is 0 Å². The molecule has 0 saturated heterocycles. The fourth-order valence-electron chi connectivity index (χ4n) is 3.05. The summed E-state index contributed by atoms with van der Waals surface area (Å²) in [4.78, 5) is 14.7. The Balaban J connectivity index is 1.71. The summed E-state index contributed by atoms with van der Waals surface area (Å²) >= 11 is 1.36. The van der Waals surface area contributed by atoms with Crippen molar-refractivity contribution < 1.29 is 4.79 Å². The third-order valence-corrected chi connectivity index (χ3v) is 5.26. The molecule has 0 unspecified atom stereocenters. The van der Waals surface area contributed by atoms with Crippen molar-refractivity contribution >= 4 is 17.7 Å². The number of carbonyl (C=O) groups excluding carboxylic acids is 1. The predicted molar refractivity (Wildman–Crippen MR) is 111 cm³/mol. The molecule has 0 N–H and O–H groups in total. The molecule has 146 valence electrons. The molecule has 0 aliphatic heterocycles. The molecular formula is C21H25N5OS. The fourth-order valence-corrected chi connectivity index (χ4v) is 3.83. The second-order valence-corrected chi connectivity index (χ2v) is 8.05. The highest BCUT2D eigenvalue weighted by molar-refractivity contribution is 7.99. The van der Waals surface area contributed by atoms with Crippen LogP contribution in [0.25, 0.3) is 5.69 Å². The average molecular weight is 396 g/mol. The third kappa shape index (κ3) is 4.98. The molecule has 6 nitrogen and oxygen atoms in total. The lowest BCUT2D eigenvalue weighted by Gasteiger charge is -2.26. The van der Waals surface area contributed by atoms with Crippen molar-refractivity contribution in [3.8, 4) is 5.69 Å². The summed E-state index contributed by atoms with van der Waals surface area (Å²) in [5.41, 5.74) is 4.31. The van der Waals surface area contributed by atoms with Crippen LogP contribution in [-0.4, -0.2) is 42.8 Å². The van der Waals surface area contributed by atoms with E-state index < -0.39 is 0 Å². The highest BCUT2D eigenvalue weighted by Crippen LogP contribution is 2.21. The van der Waals surface area contributed by atoms with Gasteiger partial charge >= 0.3 is 0 Å². The number of aromatic nitrogens is 4. The number of tetrazole rings is 1. The topological polar surface area (TPSA) is 63.9 Å². The van der Waals surface area contributed by atoms with E-state index in [1.54, 1.807) is 4.68 Å². The Bertz CT molecular complexity index is 919.